The zero-order valence-corrected chi connectivity index (χ0v) is 45.8. The van der Waals surface area contributed by atoms with Crippen LogP contribution in [0, 0.1) is 0 Å². The summed E-state index contributed by atoms with van der Waals surface area (Å²) in [6.07, 6.45) is 77.1. The largest absolute Gasteiger partial charge is 0.462 e. The third kappa shape index (κ3) is 55.3. The highest BCUT2D eigenvalue weighted by Gasteiger charge is 2.19. The molecule has 0 fully saturated rings. The Balaban J connectivity index is 4.10. The molecule has 0 spiro atoms. The third-order valence-electron chi connectivity index (χ3n) is 12.4. The maximum atomic E-state index is 12.8. The molecule has 0 aliphatic carbocycles. The van der Waals surface area contributed by atoms with Crippen LogP contribution >= 0.6 is 0 Å². The van der Waals surface area contributed by atoms with Crippen molar-refractivity contribution < 1.29 is 28.6 Å². The first-order chi connectivity index (χ1) is 34.5. The molecule has 6 heteroatoms. The number of allylic oxidation sites excluding steroid dienone is 16. The van der Waals surface area contributed by atoms with Crippen molar-refractivity contribution in [1.82, 2.24) is 0 Å². The molecular weight excluding hydrogens is 865 g/mol. The van der Waals surface area contributed by atoms with Gasteiger partial charge in [0.05, 0.1) is 0 Å². The summed E-state index contributed by atoms with van der Waals surface area (Å²) in [5.41, 5.74) is 0. The van der Waals surface area contributed by atoms with Crippen LogP contribution in [0.25, 0.3) is 0 Å². The van der Waals surface area contributed by atoms with Gasteiger partial charge in [0.1, 0.15) is 13.2 Å². The number of esters is 3. The number of hydrogen-bond donors (Lipinski definition) is 0. The molecule has 400 valence electrons. The number of unbranched alkanes of at least 4 members (excludes halogenated alkanes) is 25. The first-order valence-corrected chi connectivity index (χ1v) is 29.2. The van der Waals surface area contributed by atoms with E-state index in [-0.39, 0.29) is 31.1 Å². The number of rotatable bonds is 52. The molecule has 6 nitrogen and oxygen atoms in total. The second kappa shape index (κ2) is 57.9. The molecule has 0 N–H and O–H groups in total. The molecule has 0 rings (SSSR count). The molecular formula is C64H108O6. The molecule has 70 heavy (non-hydrogen) atoms. The van der Waals surface area contributed by atoms with Gasteiger partial charge in [-0.3, -0.25) is 14.4 Å². The lowest BCUT2D eigenvalue weighted by molar-refractivity contribution is -0.167. The molecule has 0 amide bonds. The van der Waals surface area contributed by atoms with Gasteiger partial charge in [-0.25, -0.2) is 0 Å². The van der Waals surface area contributed by atoms with Gasteiger partial charge in [-0.05, 0) is 83.5 Å². The van der Waals surface area contributed by atoms with Crippen LogP contribution in [0.15, 0.2) is 97.2 Å². The standard InChI is InChI=1S/C64H108O6/c1-4-7-10-13-16-18-20-22-23-24-25-26-27-28-29-30-31-32-33-34-35-36-37-38-39-40-41-42-44-45-48-51-54-57-63(66)69-60-61(59-68-62(65)56-53-50-47-15-12-9-6-3)70-64(67)58-55-52-49-46-43-21-19-17-14-11-8-5-2/h7,10,16,18,22-23,25-26,28-29,31-32,34-35,37-38,61H,4-6,8-9,11-15,17,19-21,24,27,30,33,36,39-60H2,1-3H3/b10-7-,18-16-,23-22-,26-25-,29-28-,32-31-,35-34-,38-37-. The molecule has 0 aliphatic rings. The van der Waals surface area contributed by atoms with Crippen LogP contribution < -0.4 is 0 Å². The van der Waals surface area contributed by atoms with Gasteiger partial charge >= 0.3 is 17.9 Å². The van der Waals surface area contributed by atoms with Crippen LogP contribution in [0.4, 0.5) is 0 Å². The highest BCUT2D eigenvalue weighted by molar-refractivity contribution is 5.71. The van der Waals surface area contributed by atoms with Crippen LogP contribution in [-0.2, 0) is 28.6 Å². The molecule has 0 radical (unpaired) electrons. The number of hydrogen-bond acceptors (Lipinski definition) is 6. The van der Waals surface area contributed by atoms with Gasteiger partial charge < -0.3 is 14.2 Å². The zero-order valence-electron chi connectivity index (χ0n) is 45.8. The van der Waals surface area contributed by atoms with Gasteiger partial charge in [-0.1, -0.05) is 266 Å². The monoisotopic (exact) mass is 973 g/mol. The van der Waals surface area contributed by atoms with E-state index in [2.05, 4.69) is 118 Å². The van der Waals surface area contributed by atoms with Crippen molar-refractivity contribution in [3.05, 3.63) is 97.2 Å². The fourth-order valence-electron chi connectivity index (χ4n) is 7.99. The Morgan fingerprint density at radius 3 is 0.871 bits per heavy atom. The van der Waals surface area contributed by atoms with Crippen molar-refractivity contribution in [3.63, 3.8) is 0 Å². The lowest BCUT2D eigenvalue weighted by atomic mass is 10.0. The van der Waals surface area contributed by atoms with Crippen molar-refractivity contribution in [1.29, 1.82) is 0 Å². The normalized spacial score (nSPS) is 12.8. The highest BCUT2D eigenvalue weighted by Crippen LogP contribution is 2.15. The van der Waals surface area contributed by atoms with Gasteiger partial charge in [-0.2, -0.15) is 0 Å². The molecule has 0 saturated heterocycles. The van der Waals surface area contributed by atoms with Crippen molar-refractivity contribution in [2.24, 2.45) is 0 Å². The Kier molecular flexibility index (Phi) is 54.9. The second-order valence-corrected chi connectivity index (χ2v) is 19.2. The Labute approximate surface area is 432 Å². The maximum absolute atomic E-state index is 12.8. The van der Waals surface area contributed by atoms with Gasteiger partial charge in [0, 0.05) is 19.3 Å². The van der Waals surface area contributed by atoms with Crippen LogP contribution in [0.3, 0.4) is 0 Å². The Morgan fingerprint density at radius 2 is 0.557 bits per heavy atom. The second-order valence-electron chi connectivity index (χ2n) is 19.2. The molecule has 0 bridgehead atoms. The van der Waals surface area contributed by atoms with E-state index in [9.17, 15) is 14.4 Å². The lowest BCUT2D eigenvalue weighted by Crippen LogP contribution is -2.30. The Bertz CT molecular complexity index is 1400. The first kappa shape index (κ1) is 66.3. The SMILES string of the molecule is CC/C=C\C/C=C\C/C=C\C/C=C\C/C=C\C/C=C\C/C=C\C/C=C\CCCCCCCCCCC(=O)OCC(COC(=O)CCCCCCCCC)OC(=O)CCCCCCCCCCCCCC. The minimum absolute atomic E-state index is 0.0766. The average Bonchev–Trinajstić information content (AvgIpc) is 3.36. The van der Waals surface area contributed by atoms with Crippen molar-refractivity contribution in [3.8, 4) is 0 Å². The smallest absolute Gasteiger partial charge is 0.306 e. The average molecular weight is 974 g/mol. The summed E-state index contributed by atoms with van der Waals surface area (Å²) in [6, 6.07) is 0. The molecule has 0 saturated carbocycles. The van der Waals surface area contributed by atoms with Crippen LogP contribution in [0.2, 0.25) is 0 Å². The van der Waals surface area contributed by atoms with E-state index in [0.717, 1.165) is 116 Å². The molecule has 0 aromatic carbocycles. The molecule has 1 unspecified atom stereocenters. The minimum Gasteiger partial charge on any atom is -0.462 e. The first-order valence-electron chi connectivity index (χ1n) is 29.2. The molecule has 0 heterocycles. The lowest BCUT2D eigenvalue weighted by Gasteiger charge is -2.18. The summed E-state index contributed by atoms with van der Waals surface area (Å²) in [6.45, 7) is 6.48. The topological polar surface area (TPSA) is 78.9 Å². The summed E-state index contributed by atoms with van der Waals surface area (Å²) < 4.78 is 16.7. The van der Waals surface area contributed by atoms with Gasteiger partial charge in [0.2, 0.25) is 0 Å². The summed E-state index contributed by atoms with van der Waals surface area (Å²) >= 11 is 0. The van der Waals surface area contributed by atoms with Crippen LogP contribution in [0.5, 0.6) is 0 Å². The Hall–Kier alpha value is -3.67. The molecule has 0 aromatic heterocycles. The van der Waals surface area contributed by atoms with E-state index in [0.29, 0.717) is 19.3 Å². The van der Waals surface area contributed by atoms with Crippen molar-refractivity contribution >= 4 is 17.9 Å². The maximum Gasteiger partial charge on any atom is 0.306 e. The van der Waals surface area contributed by atoms with Crippen LogP contribution in [0.1, 0.15) is 271 Å². The zero-order chi connectivity index (χ0) is 50.7. The fraction of sp³-hybridized carbons (Fsp3) is 0.703. The quantitative estimate of drug-likeness (QED) is 0.0262. The van der Waals surface area contributed by atoms with E-state index >= 15 is 0 Å². The number of carbonyl (C=O) groups is 3. The Morgan fingerprint density at radius 1 is 0.300 bits per heavy atom. The molecule has 0 aromatic rings. The predicted octanol–water partition coefficient (Wildman–Crippen LogP) is 19.7. The highest BCUT2D eigenvalue weighted by atomic mass is 16.6. The third-order valence-corrected chi connectivity index (χ3v) is 12.4. The predicted molar refractivity (Wildman–Crippen MR) is 302 cm³/mol. The van der Waals surface area contributed by atoms with E-state index in [4.69, 9.17) is 14.2 Å². The fourth-order valence-corrected chi connectivity index (χ4v) is 7.99. The summed E-state index contributed by atoms with van der Waals surface area (Å²) in [5.74, 6) is -0.889. The van der Waals surface area contributed by atoms with E-state index in [1.54, 1.807) is 0 Å². The summed E-state index contributed by atoms with van der Waals surface area (Å²) in [4.78, 5) is 37.9. The van der Waals surface area contributed by atoms with E-state index in [1.807, 2.05) is 0 Å². The summed E-state index contributed by atoms with van der Waals surface area (Å²) in [7, 11) is 0. The minimum atomic E-state index is -0.774. The molecule has 1 atom stereocenters. The van der Waals surface area contributed by atoms with E-state index < -0.39 is 6.10 Å². The van der Waals surface area contributed by atoms with Gasteiger partial charge in [0.15, 0.2) is 6.10 Å². The van der Waals surface area contributed by atoms with Gasteiger partial charge in [0.25, 0.3) is 0 Å². The van der Waals surface area contributed by atoms with Crippen LogP contribution in [-0.4, -0.2) is 37.2 Å². The van der Waals surface area contributed by atoms with E-state index in [1.165, 1.54) is 116 Å². The number of carbonyl (C=O) groups excluding carboxylic acids is 3. The summed E-state index contributed by atoms with van der Waals surface area (Å²) in [5, 5.41) is 0. The van der Waals surface area contributed by atoms with Crippen molar-refractivity contribution in [2.75, 3.05) is 13.2 Å². The van der Waals surface area contributed by atoms with Crippen molar-refractivity contribution in [2.45, 2.75) is 277 Å². The van der Waals surface area contributed by atoms with Gasteiger partial charge in [-0.15, -0.1) is 0 Å². The number of ether oxygens (including phenoxy) is 3. The molecule has 0 aliphatic heterocycles.